The van der Waals surface area contributed by atoms with E-state index in [0.717, 1.165) is 11.0 Å². The van der Waals surface area contributed by atoms with E-state index in [2.05, 4.69) is 83.4 Å². The van der Waals surface area contributed by atoms with E-state index in [1.54, 1.807) is 6.26 Å². The highest BCUT2D eigenvalue weighted by Crippen LogP contribution is 2.42. The molecular formula is C26H15NOS. The zero-order valence-electron chi connectivity index (χ0n) is 15.4. The quantitative estimate of drug-likeness (QED) is 0.279. The first kappa shape index (κ1) is 15.4. The van der Waals surface area contributed by atoms with Crippen LogP contribution in [0.3, 0.4) is 0 Å². The fourth-order valence-electron chi connectivity index (χ4n) is 4.65. The van der Waals surface area contributed by atoms with E-state index in [1.165, 1.54) is 47.7 Å². The molecule has 136 valence electrons. The minimum absolute atomic E-state index is 0.959. The van der Waals surface area contributed by atoms with E-state index < -0.39 is 0 Å². The van der Waals surface area contributed by atoms with Gasteiger partial charge in [0.15, 0.2) is 0 Å². The van der Waals surface area contributed by atoms with Crippen molar-refractivity contribution in [2.24, 2.45) is 0 Å². The van der Waals surface area contributed by atoms with Crippen LogP contribution in [0.15, 0.2) is 95.6 Å². The maximum absolute atomic E-state index is 5.91. The second-order valence-electron chi connectivity index (χ2n) is 7.40. The summed E-state index contributed by atoms with van der Waals surface area (Å²) in [6.45, 7) is 0. The SMILES string of the molecule is c1ccc2c(c1)sc1c(-n3c4ccccc4c4c5occc5ccc43)cccc12. The molecule has 0 fully saturated rings. The lowest BCUT2D eigenvalue weighted by atomic mass is 10.1. The third-order valence-corrected chi connectivity index (χ3v) is 7.09. The Bertz CT molecular complexity index is 1710. The number of thiophene rings is 1. The molecule has 0 saturated carbocycles. The lowest BCUT2D eigenvalue weighted by Gasteiger charge is -2.09. The first-order valence-corrected chi connectivity index (χ1v) is 10.5. The highest BCUT2D eigenvalue weighted by Gasteiger charge is 2.18. The molecule has 0 aliphatic rings. The first-order valence-electron chi connectivity index (χ1n) is 9.70. The van der Waals surface area contributed by atoms with Crippen LogP contribution >= 0.6 is 11.3 Å². The van der Waals surface area contributed by atoms with E-state index in [4.69, 9.17) is 4.42 Å². The van der Waals surface area contributed by atoms with Gasteiger partial charge in [-0.3, -0.25) is 0 Å². The molecule has 0 unspecified atom stereocenters. The van der Waals surface area contributed by atoms with E-state index in [-0.39, 0.29) is 0 Å². The van der Waals surface area contributed by atoms with E-state index in [1.807, 2.05) is 17.4 Å². The second-order valence-corrected chi connectivity index (χ2v) is 8.46. The molecule has 0 bridgehead atoms. The molecule has 3 heteroatoms. The van der Waals surface area contributed by atoms with Crippen molar-refractivity contribution >= 4 is 64.3 Å². The normalized spacial score (nSPS) is 12.1. The summed E-state index contributed by atoms with van der Waals surface area (Å²) in [6, 6.07) is 30.3. The minimum Gasteiger partial charge on any atom is -0.464 e. The molecule has 0 saturated heterocycles. The predicted molar refractivity (Wildman–Crippen MR) is 123 cm³/mol. The Morgan fingerprint density at radius 2 is 1.48 bits per heavy atom. The maximum atomic E-state index is 5.91. The van der Waals surface area contributed by atoms with Gasteiger partial charge in [0, 0.05) is 26.2 Å². The summed E-state index contributed by atoms with van der Waals surface area (Å²) in [5.74, 6) is 0. The standard InChI is InChI=1S/C26H15NOS/c1-3-9-20-19(7-1)24-21(13-12-16-14-15-28-25(16)24)27(20)22-10-5-8-18-17-6-2-4-11-23(17)29-26(18)22/h1-15H. The number of hydrogen-bond donors (Lipinski definition) is 0. The van der Waals surface area contributed by atoms with Crippen LogP contribution in [-0.2, 0) is 0 Å². The van der Waals surface area contributed by atoms with Crippen LogP contribution in [0, 0.1) is 0 Å². The Labute approximate surface area is 170 Å². The lowest BCUT2D eigenvalue weighted by molar-refractivity contribution is 0.619. The van der Waals surface area contributed by atoms with E-state index in [0.29, 0.717) is 0 Å². The van der Waals surface area contributed by atoms with Crippen molar-refractivity contribution in [1.29, 1.82) is 0 Å². The molecular weight excluding hydrogens is 374 g/mol. The van der Waals surface area contributed by atoms with Crippen LogP contribution in [0.25, 0.3) is 58.6 Å². The Morgan fingerprint density at radius 3 is 2.45 bits per heavy atom. The molecule has 7 aromatic rings. The molecule has 0 N–H and O–H groups in total. The van der Waals surface area contributed by atoms with Gasteiger partial charge in [0.1, 0.15) is 5.58 Å². The third kappa shape index (κ3) is 1.95. The number of furan rings is 1. The van der Waals surface area contributed by atoms with Gasteiger partial charge < -0.3 is 8.98 Å². The molecule has 0 amide bonds. The molecule has 0 aliphatic heterocycles. The van der Waals surface area contributed by atoms with Gasteiger partial charge in [0.05, 0.1) is 33.1 Å². The van der Waals surface area contributed by atoms with Crippen LogP contribution in [0.5, 0.6) is 0 Å². The van der Waals surface area contributed by atoms with Gasteiger partial charge in [-0.25, -0.2) is 0 Å². The summed E-state index contributed by atoms with van der Waals surface area (Å²) in [5, 5.41) is 6.18. The molecule has 0 spiro atoms. The summed E-state index contributed by atoms with van der Waals surface area (Å²) in [7, 11) is 0. The number of aromatic nitrogens is 1. The van der Waals surface area contributed by atoms with Crippen LogP contribution in [0.4, 0.5) is 0 Å². The average molecular weight is 389 g/mol. The van der Waals surface area contributed by atoms with Crippen molar-refractivity contribution < 1.29 is 4.42 Å². The predicted octanol–water partition coefficient (Wildman–Crippen LogP) is 7.90. The molecule has 7 rings (SSSR count). The number of rotatable bonds is 1. The van der Waals surface area contributed by atoms with Crippen molar-refractivity contribution in [1.82, 2.24) is 4.57 Å². The second kappa shape index (κ2) is 5.49. The topological polar surface area (TPSA) is 18.1 Å². The highest BCUT2D eigenvalue weighted by molar-refractivity contribution is 7.26. The summed E-state index contributed by atoms with van der Waals surface area (Å²) in [6.07, 6.45) is 1.78. The number of fused-ring (bicyclic) bond motifs is 8. The third-order valence-electron chi connectivity index (χ3n) is 5.88. The van der Waals surface area contributed by atoms with Crippen molar-refractivity contribution in [3.63, 3.8) is 0 Å². The van der Waals surface area contributed by atoms with Gasteiger partial charge in [-0.15, -0.1) is 11.3 Å². The van der Waals surface area contributed by atoms with Crippen LogP contribution in [0.1, 0.15) is 0 Å². The summed E-state index contributed by atoms with van der Waals surface area (Å²) in [4.78, 5) is 0. The van der Waals surface area contributed by atoms with E-state index >= 15 is 0 Å². The number of benzene rings is 4. The van der Waals surface area contributed by atoms with Crippen molar-refractivity contribution in [2.75, 3.05) is 0 Å². The van der Waals surface area contributed by atoms with Gasteiger partial charge in [-0.1, -0.05) is 48.5 Å². The van der Waals surface area contributed by atoms with Gasteiger partial charge in [0.2, 0.25) is 0 Å². The maximum Gasteiger partial charge on any atom is 0.143 e. The number of para-hydroxylation sites is 1. The summed E-state index contributed by atoms with van der Waals surface area (Å²) < 4.78 is 10.9. The Balaban J connectivity index is 1.72. The first-order chi connectivity index (χ1) is 14.4. The lowest BCUT2D eigenvalue weighted by Crippen LogP contribution is -1.93. The smallest absolute Gasteiger partial charge is 0.143 e. The molecule has 3 heterocycles. The highest BCUT2D eigenvalue weighted by atomic mass is 32.1. The molecule has 0 radical (unpaired) electrons. The fourth-order valence-corrected chi connectivity index (χ4v) is 5.85. The Kier molecular flexibility index (Phi) is 2.91. The van der Waals surface area contributed by atoms with Crippen LogP contribution < -0.4 is 0 Å². The van der Waals surface area contributed by atoms with Crippen LogP contribution in [-0.4, -0.2) is 4.57 Å². The average Bonchev–Trinajstić information content (AvgIpc) is 3.46. The monoisotopic (exact) mass is 389 g/mol. The van der Waals surface area contributed by atoms with Crippen LogP contribution in [0.2, 0.25) is 0 Å². The molecule has 29 heavy (non-hydrogen) atoms. The zero-order valence-corrected chi connectivity index (χ0v) is 16.2. The van der Waals surface area contributed by atoms with Crippen molar-refractivity contribution in [2.45, 2.75) is 0 Å². The number of nitrogens with zero attached hydrogens (tertiary/aromatic N) is 1. The molecule has 0 atom stereocenters. The van der Waals surface area contributed by atoms with Gasteiger partial charge >= 0.3 is 0 Å². The van der Waals surface area contributed by atoms with Crippen molar-refractivity contribution in [3.8, 4) is 5.69 Å². The Morgan fingerprint density at radius 1 is 0.655 bits per heavy atom. The van der Waals surface area contributed by atoms with Crippen molar-refractivity contribution in [3.05, 3.63) is 91.2 Å². The number of hydrogen-bond acceptors (Lipinski definition) is 2. The summed E-state index contributed by atoms with van der Waals surface area (Å²) >= 11 is 1.86. The molecule has 0 aliphatic carbocycles. The minimum atomic E-state index is 0.959. The molecule has 3 aromatic heterocycles. The van der Waals surface area contributed by atoms with Gasteiger partial charge in [-0.2, -0.15) is 0 Å². The van der Waals surface area contributed by atoms with E-state index in [9.17, 15) is 0 Å². The Hall–Kier alpha value is -3.56. The largest absolute Gasteiger partial charge is 0.464 e. The summed E-state index contributed by atoms with van der Waals surface area (Å²) in [5.41, 5.74) is 4.57. The molecule has 2 nitrogen and oxygen atoms in total. The van der Waals surface area contributed by atoms with Gasteiger partial charge in [-0.05, 0) is 36.4 Å². The van der Waals surface area contributed by atoms with Gasteiger partial charge in [0.25, 0.3) is 0 Å². The molecule has 4 aromatic carbocycles. The zero-order chi connectivity index (χ0) is 18.9. The fraction of sp³-hybridized carbons (Fsp3) is 0.